The molecule has 1 fully saturated rings. The molecule has 0 unspecified atom stereocenters. The van der Waals surface area contributed by atoms with Crippen LogP contribution in [0.3, 0.4) is 0 Å². The third kappa shape index (κ3) is 4.49. The number of nitrogens with one attached hydrogen (secondary N) is 2. The molecule has 0 atom stereocenters. The first-order valence-electron chi connectivity index (χ1n) is 5.73. The first-order valence-corrected chi connectivity index (χ1v) is 6.81. The molecule has 1 aliphatic heterocycles. The van der Waals surface area contributed by atoms with Gasteiger partial charge in [-0.25, -0.2) is 0 Å². The van der Waals surface area contributed by atoms with Crippen molar-refractivity contribution >= 4 is 40.9 Å². The molecule has 1 aromatic rings. The highest BCUT2D eigenvalue weighted by Crippen LogP contribution is 2.31. The number of hydrogen-bond donors (Lipinski definition) is 2. The average molecular weight is 421 g/mol. The summed E-state index contributed by atoms with van der Waals surface area (Å²) in [6.07, 6.45) is -4.44. The third-order valence-corrected chi connectivity index (χ3v) is 3.53. The number of halogens is 5. The second-order valence-electron chi connectivity index (χ2n) is 4.46. The van der Waals surface area contributed by atoms with E-state index in [1.54, 1.807) is 22.6 Å². The normalized spacial score (nSPS) is 15.2. The van der Waals surface area contributed by atoms with Crippen molar-refractivity contribution in [1.82, 2.24) is 10.6 Å². The van der Waals surface area contributed by atoms with Gasteiger partial charge in [0.2, 0.25) is 0 Å². The molecule has 0 bridgehead atoms. The zero-order valence-corrected chi connectivity index (χ0v) is 13.2. The fourth-order valence-electron chi connectivity index (χ4n) is 1.72. The lowest BCUT2D eigenvalue weighted by atomic mass is 10.0. The molecule has 2 rings (SSSR count). The molecule has 112 valence electrons. The second kappa shape index (κ2) is 6.95. The molecule has 1 heterocycles. The number of carbonyl (C=O) groups is 1. The van der Waals surface area contributed by atoms with E-state index in [0.717, 1.165) is 25.2 Å². The summed E-state index contributed by atoms with van der Waals surface area (Å²) in [7, 11) is 0. The molecule has 1 amide bonds. The Bertz CT molecular complexity index is 492. The molecule has 20 heavy (non-hydrogen) atoms. The SMILES string of the molecule is Cl.O=C(NCC1CNC1)c1cc(I)cc(C(F)(F)F)c1. The van der Waals surface area contributed by atoms with Crippen molar-refractivity contribution < 1.29 is 18.0 Å². The van der Waals surface area contributed by atoms with Gasteiger partial charge in [-0.15, -0.1) is 12.4 Å². The van der Waals surface area contributed by atoms with Crippen molar-refractivity contribution in [3.63, 3.8) is 0 Å². The Morgan fingerprint density at radius 2 is 2.00 bits per heavy atom. The van der Waals surface area contributed by atoms with E-state index in [0.29, 0.717) is 16.0 Å². The van der Waals surface area contributed by atoms with E-state index < -0.39 is 17.6 Å². The minimum Gasteiger partial charge on any atom is -0.352 e. The van der Waals surface area contributed by atoms with Crippen LogP contribution in [0, 0.1) is 9.49 Å². The largest absolute Gasteiger partial charge is 0.416 e. The first kappa shape index (κ1) is 17.5. The van der Waals surface area contributed by atoms with Crippen LogP contribution in [-0.2, 0) is 6.18 Å². The number of hydrogen-bond acceptors (Lipinski definition) is 2. The van der Waals surface area contributed by atoms with Gasteiger partial charge in [0.25, 0.3) is 5.91 Å². The summed E-state index contributed by atoms with van der Waals surface area (Å²) < 4.78 is 38.3. The van der Waals surface area contributed by atoms with Gasteiger partial charge in [-0.2, -0.15) is 13.2 Å². The van der Waals surface area contributed by atoms with Crippen LogP contribution in [0.2, 0.25) is 0 Å². The predicted octanol–water partition coefficient (Wildman–Crippen LogP) is 2.68. The predicted molar refractivity (Wildman–Crippen MR) is 80.1 cm³/mol. The maximum absolute atomic E-state index is 12.6. The van der Waals surface area contributed by atoms with Gasteiger partial charge in [-0.3, -0.25) is 4.79 Å². The Hall–Kier alpha value is -0.540. The van der Waals surface area contributed by atoms with Gasteiger partial charge in [0.1, 0.15) is 0 Å². The summed E-state index contributed by atoms with van der Waals surface area (Å²) in [6.45, 7) is 2.15. The van der Waals surface area contributed by atoms with Gasteiger partial charge in [0.05, 0.1) is 5.56 Å². The molecule has 0 spiro atoms. The molecule has 2 N–H and O–H groups in total. The van der Waals surface area contributed by atoms with Gasteiger partial charge in [0, 0.05) is 34.7 Å². The number of carbonyl (C=O) groups excluding carboxylic acids is 1. The highest BCUT2D eigenvalue weighted by molar-refractivity contribution is 14.1. The van der Waals surface area contributed by atoms with Crippen molar-refractivity contribution in [3.8, 4) is 0 Å². The summed E-state index contributed by atoms with van der Waals surface area (Å²) in [4.78, 5) is 11.8. The van der Waals surface area contributed by atoms with Crippen molar-refractivity contribution in [2.45, 2.75) is 6.18 Å². The lowest BCUT2D eigenvalue weighted by Crippen LogP contribution is -2.48. The molecule has 1 aromatic carbocycles. The quantitative estimate of drug-likeness (QED) is 0.739. The fourth-order valence-corrected chi connectivity index (χ4v) is 2.39. The highest BCUT2D eigenvalue weighted by Gasteiger charge is 2.31. The summed E-state index contributed by atoms with van der Waals surface area (Å²) in [5.41, 5.74) is -0.749. The van der Waals surface area contributed by atoms with Gasteiger partial charge in [0.15, 0.2) is 0 Å². The number of alkyl halides is 3. The van der Waals surface area contributed by atoms with Crippen LogP contribution in [-0.4, -0.2) is 25.5 Å². The summed E-state index contributed by atoms with van der Waals surface area (Å²) >= 11 is 1.77. The molecule has 0 radical (unpaired) electrons. The van der Waals surface area contributed by atoms with Crippen LogP contribution in [0.4, 0.5) is 13.2 Å². The minimum absolute atomic E-state index is 0. The maximum atomic E-state index is 12.6. The van der Waals surface area contributed by atoms with Crippen molar-refractivity contribution in [1.29, 1.82) is 0 Å². The Morgan fingerprint density at radius 3 is 2.50 bits per heavy atom. The van der Waals surface area contributed by atoms with E-state index in [4.69, 9.17) is 0 Å². The van der Waals surface area contributed by atoms with E-state index >= 15 is 0 Å². The molecule has 3 nitrogen and oxygen atoms in total. The third-order valence-electron chi connectivity index (χ3n) is 2.90. The first-order chi connectivity index (χ1) is 8.86. The Morgan fingerprint density at radius 1 is 1.35 bits per heavy atom. The van der Waals surface area contributed by atoms with Crippen LogP contribution < -0.4 is 10.6 Å². The molecule has 1 saturated heterocycles. The average Bonchev–Trinajstić information content (AvgIpc) is 2.24. The molecular weight excluding hydrogens is 407 g/mol. The summed E-state index contributed by atoms with van der Waals surface area (Å²) in [6, 6.07) is 3.36. The Kier molecular flexibility index (Phi) is 6.08. The van der Waals surface area contributed by atoms with Gasteiger partial charge in [-0.1, -0.05) is 0 Å². The Balaban J connectivity index is 0.00000200. The minimum atomic E-state index is -4.44. The standard InChI is InChI=1S/C12H12F3IN2O.ClH/c13-12(14,15)9-1-8(2-10(16)3-9)11(19)18-6-7-4-17-5-7;/h1-3,7,17H,4-6H2,(H,18,19);1H. The molecule has 0 saturated carbocycles. The van der Waals surface area contributed by atoms with E-state index in [2.05, 4.69) is 10.6 Å². The molecule has 8 heteroatoms. The monoisotopic (exact) mass is 420 g/mol. The van der Waals surface area contributed by atoms with Gasteiger partial charge in [-0.05, 0) is 40.8 Å². The van der Waals surface area contributed by atoms with E-state index in [9.17, 15) is 18.0 Å². The zero-order valence-electron chi connectivity index (χ0n) is 10.3. The van der Waals surface area contributed by atoms with Crippen LogP contribution in [0.15, 0.2) is 18.2 Å². The lowest BCUT2D eigenvalue weighted by molar-refractivity contribution is -0.137. The highest BCUT2D eigenvalue weighted by atomic mass is 127. The number of benzene rings is 1. The fraction of sp³-hybridized carbons (Fsp3) is 0.417. The van der Waals surface area contributed by atoms with Crippen molar-refractivity contribution in [2.75, 3.05) is 19.6 Å². The smallest absolute Gasteiger partial charge is 0.352 e. The second-order valence-corrected chi connectivity index (χ2v) is 5.71. The molecule has 0 aromatic heterocycles. The number of rotatable bonds is 3. The molecular formula is C12H13ClF3IN2O. The number of amides is 1. The van der Waals surface area contributed by atoms with E-state index in [1.165, 1.54) is 6.07 Å². The summed E-state index contributed by atoms with van der Waals surface area (Å²) in [5.74, 6) is -0.0928. The van der Waals surface area contributed by atoms with Crippen molar-refractivity contribution in [3.05, 3.63) is 32.9 Å². The summed E-state index contributed by atoms with van der Waals surface area (Å²) in [5, 5.41) is 5.72. The molecule has 1 aliphatic rings. The Labute approximate surface area is 134 Å². The van der Waals surface area contributed by atoms with Crippen LogP contribution in [0.5, 0.6) is 0 Å². The maximum Gasteiger partial charge on any atom is 0.416 e. The van der Waals surface area contributed by atoms with Gasteiger partial charge < -0.3 is 10.6 Å². The van der Waals surface area contributed by atoms with Gasteiger partial charge >= 0.3 is 6.18 Å². The topological polar surface area (TPSA) is 41.1 Å². The van der Waals surface area contributed by atoms with Crippen LogP contribution in [0.1, 0.15) is 15.9 Å². The lowest BCUT2D eigenvalue weighted by Gasteiger charge is -2.27. The van der Waals surface area contributed by atoms with Crippen LogP contribution >= 0.6 is 35.0 Å². The van der Waals surface area contributed by atoms with Crippen molar-refractivity contribution in [2.24, 2.45) is 5.92 Å². The zero-order chi connectivity index (χ0) is 14.0. The van der Waals surface area contributed by atoms with Crippen LogP contribution in [0.25, 0.3) is 0 Å². The van der Waals surface area contributed by atoms with E-state index in [-0.39, 0.29) is 18.0 Å². The van der Waals surface area contributed by atoms with E-state index in [1.807, 2.05) is 0 Å². The molecule has 0 aliphatic carbocycles.